The van der Waals surface area contributed by atoms with Gasteiger partial charge in [0, 0.05) is 11.8 Å². The molecule has 24 heavy (non-hydrogen) atoms. The van der Waals surface area contributed by atoms with E-state index < -0.39 is 18.1 Å². The first-order valence-electron chi connectivity index (χ1n) is 7.26. The molecule has 1 atom stereocenters. The zero-order valence-corrected chi connectivity index (χ0v) is 13.0. The van der Waals surface area contributed by atoms with Gasteiger partial charge < -0.3 is 15.2 Å². The van der Waals surface area contributed by atoms with E-state index in [-0.39, 0.29) is 19.1 Å². The lowest BCUT2D eigenvalue weighted by molar-refractivity contribution is -0.146. The second kappa shape index (κ2) is 6.53. The fourth-order valence-electron chi connectivity index (χ4n) is 2.56. The number of ether oxygens (including phenoxy) is 2. The number of nitrogens with zero attached hydrogens (tertiary/aromatic N) is 3. The molecule has 8 heteroatoms. The van der Waals surface area contributed by atoms with Gasteiger partial charge in [0.1, 0.15) is 6.61 Å². The van der Waals surface area contributed by atoms with Gasteiger partial charge in [-0.25, -0.2) is 19.6 Å². The number of aromatic nitrogens is 2. The van der Waals surface area contributed by atoms with Crippen molar-refractivity contribution >= 4 is 18.0 Å². The predicted octanol–water partition coefficient (Wildman–Crippen LogP) is 1.43. The van der Waals surface area contributed by atoms with Crippen molar-refractivity contribution in [2.45, 2.75) is 19.2 Å². The number of methoxy groups -OCH3 is 1. The first-order chi connectivity index (χ1) is 11.6. The maximum absolute atomic E-state index is 12.4. The lowest BCUT2D eigenvalue weighted by Gasteiger charge is -2.22. The van der Waals surface area contributed by atoms with Crippen LogP contribution in [0.1, 0.15) is 22.9 Å². The molecule has 8 nitrogen and oxygen atoms in total. The van der Waals surface area contributed by atoms with Crippen LogP contribution in [-0.4, -0.2) is 34.0 Å². The third kappa shape index (κ3) is 2.98. The molecule has 0 saturated heterocycles. The molecule has 1 aliphatic rings. The fraction of sp³-hybridized carbons (Fsp3) is 0.250. The number of hydrogen-bond donors (Lipinski definition) is 1. The van der Waals surface area contributed by atoms with Gasteiger partial charge in [-0.3, -0.25) is 4.90 Å². The Bertz CT molecular complexity index is 766. The Kier molecular flexibility index (Phi) is 4.28. The molecule has 0 unspecified atom stereocenters. The number of nitrogen functional groups attached to an aromatic ring is 1. The number of nitrogens with two attached hydrogens (primary N) is 1. The van der Waals surface area contributed by atoms with E-state index >= 15 is 0 Å². The monoisotopic (exact) mass is 328 g/mol. The van der Waals surface area contributed by atoms with Crippen LogP contribution >= 0.6 is 0 Å². The summed E-state index contributed by atoms with van der Waals surface area (Å²) in [5, 5.41) is 0. The average Bonchev–Trinajstić information content (AvgIpc) is 2.98. The molecule has 124 valence electrons. The largest absolute Gasteiger partial charge is 0.467 e. The predicted molar refractivity (Wildman–Crippen MR) is 83.4 cm³/mol. The van der Waals surface area contributed by atoms with Crippen LogP contribution in [0.15, 0.2) is 36.5 Å². The van der Waals surface area contributed by atoms with Crippen LogP contribution in [0.25, 0.3) is 0 Å². The number of hydrogen-bond acceptors (Lipinski definition) is 7. The highest BCUT2D eigenvalue weighted by Crippen LogP contribution is 2.34. The highest BCUT2D eigenvalue weighted by molar-refractivity contribution is 5.84. The lowest BCUT2D eigenvalue weighted by atomic mass is 10.1. The molecule has 0 aliphatic carbocycles. The van der Waals surface area contributed by atoms with Crippen LogP contribution in [0.4, 0.5) is 10.7 Å². The number of amides is 1. The molecular formula is C16H16N4O4. The number of rotatable bonds is 3. The van der Waals surface area contributed by atoms with Crippen molar-refractivity contribution in [3.8, 4) is 0 Å². The van der Waals surface area contributed by atoms with Crippen LogP contribution < -0.4 is 5.73 Å². The van der Waals surface area contributed by atoms with Crippen molar-refractivity contribution in [1.29, 1.82) is 0 Å². The quantitative estimate of drug-likeness (QED) is 0.849. The minimum atomic E-state index is -0.936. The highest BCUT2D eigenvalue weighted by Gasteiger charge is 2.41. The molecule has 0 spiro atoms. The summed E-state index contributed by atoms with van der Waals surface area (Å²) < 4.78 is 10.1. The lowest BCUT2D eigenvalue weighted by Crippen LogP contribution is -2.35. The van der Waals surface area contributed by atoms with Gasteiger partial charge in [-0.05, 0) is 5.56 Å². The Morgan fingerprint density at radius 1 is 1.33 bits per heavy atom. The summed E-state index contributed by atoms with van der Waals surface area (Å²) in [5.41, 5.74) is 7.42. The van der Waals surface area contributed by atoms with E-state index in [0.717, 1.165) is 5.56 Å². The van der Waals surface area contributed by atoms with Gasteiger partial charge in [-0.1, -0.05) is 30.3 Å². The number of anilines is 1. The van der Waals surface area contributed by atoms with Gasteiger partial charge in [-0.2, -0.15) is 0 Å². The molecular weight excluding hydrogens is 312 g/mol. The minimum absolute atomic E-state index is 0.0804. The van der Waals surface area contributed by atoms with E-state index in [1.807, 2.05) is 30.3 Å². The number of esters is 1. The number of carbonyl (C=O) groups excluding carboxylic acids is 2. The van der Waals surface area contributed by atoms with E-state index in [1.54, 1.807) is 0 Å². The molecule has 0 bridgehead atoms. The van der Waals surface area contributed by atoms with Crippen LogP contribution in [0.2, 0.25) is 0 Å². The zero-order valence-electron chi connectivity index (χ0n) is 13.0. The SMILES string of the molecule is COC(=O)[C@H]1c2cnc(N)nc2CN1C(=O)OCc1ccccc1. The Balaban J connectivity index is 1.78. The van der Waals surface area contributed by atoms with Crippen molar-refractivity contribution in [1.82, 2.24) is 14.9 Å². The molecule has 1 aromatic heterocycles. The summed E-state index contributed by atoms with van der Waals surface area (Å²) in [7, 11) is 1.26. The highest BCUT2D eigenvalue weighted by atomic mass is 16.6. The Morgan fingerprint density at radius 3 is 2.79 bits per heavy atom. The van der Waals surface area contributed by atoms with Gasteiger partial charge in [0.2, 0.25) is 5.95 Å². The average molecular weight is 328 g/mol. The zero-order chi connectivity index (χ0) is 17.1. The molecule has 2 N–H and O–H groups in total. The molecule has 0 radical (unpaired) electrons. The van der Waals surface area contributed by atoms with E-state index in [4.69, 9.17) is 15.2 Å². The Hall–Kier alpha value is -3.16. The van der Waals surface area contributed by atoms with Gasteiger partial charge in [0.15, 0.2) is 6.04 Å². The van der Waals surface area contributed by atoms with Crippen LogP contribution in [0.5, 0.6) is 0 Å². The topological polar surface area (TPSA) is 108 Å². The van der Waals surface area contributed by atoms with Crippen LogP contribution in [-0.2, 0) is 27.4 Å². The third-order valence-electron chi connectivity index (χ3n) is 3.71. The first kappa shape index (κ1) is 15.7. The summed E-state index contributed by atoms with van der Waals surface area (Å²) in [6, 6.07) is 8.33. The number of fused-ring (bicyclic) bond motifs is 1. The summed E-state index contributed by atoms with van der Waals surface area (Å²) in [6.07, 6.45) is 0.801. The number of benzene rings is 1. The van der Waals surface area contributed by atoms with Crippen molar-refractivity contribution < 1.29 is 19.1 Å². The Morgan fingerprint density at radius 2 is 2.08 bits per heavy atom. The molecule has 1 aromatic carbocycles. The van der Waals surface area contributed by atoms with Gasteiger partial charge in [0.05, 0.1) is 19.3 Å². The van der Waals surface area contributed by atoms with Gasteiger partial charge in [0.25, 0.3) is 0 Å². The fourth-order valence-corrected chi connectivity index (χ4v) is 2.56. The Labute approximate surface area is 138 Å². The van der Waals surface area contributed by atoms with Crippen molar-refractivity contribution in [3.05, 3.63) is 53.3 Å². The van der Waals surface area contributed by atoms with E-state index in [0.29, 0.717) is 11.3 Å². The van der Waals surface area contributed by atoms with E-state index in [2.05, 4.69) is 9.97 Å². The van der Waals surface area contributed by atoms with Crippen LogP contribution in [0, 0.1) is 0 Å². The summed E-state index contributed by atoms with van der Waals surface area (Å²) >= 11 is 0. The smallest absolute Gasteiger partial charge is 0.411 e. The maximum atomic E-state index is 12.4. The molecule has 1 aliphatic heterocycles. The van der Waals surface area contributed by atoms with E-state index in [1.165, 1.54) is 18.2 Å². The number of carbonyl (C=O) groups is 2. The molecule has 2 aromatic rings. The summed E-state index contributed by atoms with van der Waals surface area (Å²) in [6.45, 7) is 0.212. The van der Waals surface area contributed by atoms with Crippen molar-refractivity contribution in [2.75, 3.05) is 12.8 Å². The summed E-state index contributed by atoms with van der Waals surface area (Å²) in [5.74, 6) is -0.504. The summed E-state index contributed by atoms with van der Waals surface area (Å²) in [4.78, 5) is 33.7. The first-order valence-corrected chi connectivity index (χ1v) is 7.26. The molecule has 0 saturated carbocycles. The van der Waals surface area contributed by atoms with Crippen molar-refractivity contribution in [2.24, 2.45) is 0 Å². The van der Waals surface area contributed by atoms with Crippen molar-refractivity contribution in [3.63, 3.8) is 0 Å². The third-order valence-corrected chi connectivity index (χ3v) is 3.71. The van der Waals surface area contributed by atoms with Crippen LogP contribution in [0.3, 0.4) is 0 Å². The molecule has 1 amide bonds. The standard InChI is InChI=1S/C16H16N4O4/c1-23-14(21)13-11-7-18-15(17)19-12(11)8-20(13)16(22)24-9-10-5-3-2-4-6-10/h2-7,13H,8-9H2,1H3,(H2,17,18,19)/t13-/m1/s1. The van der Waals surface area contributed by atoms with Gasteiger partial charge >= 0.3 is 12.1 Å². The normalized spacial score (nSPS) is 15.7. The van der Waals surface area contributed by atoms with Gasteiger partial charge in [-0.15, -0.1) is 0 Å². The second-order valence-electron chi connectivity index (χ2n) is 5.22. The van der Waals surface area contributed by atoms with E-state index in [9.17, 15) is 9.59 Å². The minimum Gasteiger partial charge on any atom is -0.467 e. The second-order valence-corrected chi connectivity index (χ2v) is 5.22. The molecule has 0 fully saturated rings. The maximum Gasteiger partial charge on any atom is 0.411 e. The molecule has 3 rings (SSSR count). The molecule has 2 heterocycles.